The van der Waals surface area contributed by atoms with Crippen LogP contribution in [0.3, 0.4) is 0 Å². The van der Waals surface area contributed by atoms with Gasteiger partial charge >= 0.3 is 7.05 Å². The minimum absolute atomic E-state index is 0.0196. The molecule has 2 N–H and O–H groups in total. The monoisotopic (exact) mass is 214 g/mol. The van der Waals surface area contributed by atoms with Crippen LogP contribution in [0.25, 0.3) is 0 Å². The number of carbonyl (C=O) groups is 1. The lowest BCUT2D eigenvalue weighted by Crippen LogP contribution is -2.39. The van der Waals surface area contributed by atoms with E-state index < -0.39 is 7.05 Å². The number of hydroxylamine groups is 2. The lowest BCUT2D eigenvalue weighted by atomic mass is 9.87. The van der Waals surface area contributed by atoms with E-state index in [0.29, 0.717) is 0 Å². The minimum atomic E-state index is -0.510. The van der Waals surface area contributed by atoms with E-state index in [1.165, 1.54) is 12.2 Å². The van der Waals surface area contributed by atoms with Crippen molar-refractivity contribution in [2.45, 2.75) is 32.1 Å². The van der Waals surface area contributed by atoms with Gasteiger partial charge in [0.1, 0.15) is 0 Å². The highest BCUT2D eigenvalue weighted by atomic mass is 16.7. The van der Waals surface area contributed by atoms with Gasteiger partial charge in [-0.1, -0.05) is 0 Å². The highest BCUT2D eigenvalue weighted by Crippen LogP contribution is 2.27. The van der Waals surface area contributed by atoms with Crippen LogP contribution in [0, 0.1) is 5.92 Å². The van der Waals surface area contributed by atoms with Gasteiger partial charge in [0.05, 0.1) is 7.11 Å². The highest BCUT2D eigenvalue weighted by molar-refractivity contribution is 6.45. The van der Waals surface area contributed by atoms with Crippen LogP contribution >= 0.6 is 0 Å². The molecule has 1 amide bonds. The van der Waals surface area contributed by atoms with Gasteiger partial charge in [-0.3, -0.25) is 9.63 Å². The maximum atomic E-state index is 11.7. The lowest BCUT2D eigenvalue weighted by Gasteiger charge is -2.18. The van der Waals surface area contributed by atoms with E-state index >= 15 is 0 Å². The van der Waals surface area contributed by atoms with E-state index in [1.807, 2.05) is 0 Å². The standard InChI is InChI=1S/C9H19BN2O3/c1-10(14)11-8-5-4-7(6-8)9(13)12(2)15-3/h7-8,11,14H,4-6H2,1-3H3/t7-,8+/m0/s1. The SMILES string of the molecule is CON(C)C(=O)[C@H]1CC[C@@H](NB(C)O)C1. The molecule has 86 valence electrons. The molecule has 1 fully saturated rings. The molecule has 5 nitrogen and oxygen atoms in total. The Morgan fingerprint density at radius 3 is 2.80 bits per heavy atom. The molecule has 0 aromatic rings. The molecule has 0 radical (unpaired) electrons. The molecule has 0 aromatic heterocycles. The topological polar surface area (TPSA) is 61.8 Å². The summed E-state index contributed by atoms with van der Waals surface area (Å²) in [5.41, 5.74) is 0. The zero-order chi connectivity index (χ0) is 11.4. The third-order valence-corrected chi connectivity index (χ3v) is 2.84. The van der Waals surface area contributed by atoms with Crippen LogP contribution in [-0.2, 0) is 9.63 Å². The molecule has 0 bridgehead atoms. The average Bonchev–Trinajstić information content (AvgIpc) is 2.63. The number of nitrogens with one attached hydrogen (secondary N) is 1. The molecule has 6 heteroatoms. The second-order valence-corrected chi connectivity index (χ2v) is 4.07. The van der Waals surface area contributed by atoms with Crippen LogP contribution in [0.15, 0.2) is 0 Å². The zero-order valence-electron chi connectivity index (χ0n) is 9.56. The van der Waals surface area contributed by atoms with E-state index in [2.05, 4.69) is 5.23 Å². The Labute approximate surface area is 90.9 Å². The first-order valence-corrected chi connectivity index (χ1v) is 5.30. The lowest BCUT2D eigenvalue weighted by molar-refractivity contribution is -0.173. The molecule has 1 aliphatic carbocycles. The third kappa shape index (κ3) is 3.48. The third-order valence-electron chi connectivity index (χ3n) is 2.84. The van der Waals surface area contributed by atoms with Crippen molar-refractivity contribution in [3.8, 4) is 0 Å². The number of amides is 1. The fourth-order valence-electron chi connectivity index (χ4n) is 2.05. The Bertz CT molecular complexity index is 225. The van der Waals surface area contributed by atoms with Crippen molar-refractivity contribution < 1.29 is 14.7 Å². The summed E-state index contributed by atoms with van der Waals surface area (Å²) in [7, 11) is 2.60. The molecule has 0 aliphatic heterocycles. The summed E-state index contributed by atoms with van der Waals surface area (Å²) < 4.78 is 0. The summed E-state index contributed by atoms with van der Waals surface area (Å²) in [5.74, 6) is 0.0404. The molecule has 2 atom stereocenters. The molecule has 1 saturated carbocycles. The number of hydrogen-bond donors (Lipinski definition) is 2. The van der Waals surface area contributed by atoms with Crippen molar-refractivity contribution in [2.75, 3.05) is 14.2 Å². The first-order chi connectivity index (χ1) is 7.04. The van der Waals surface area contributed by atoms with E-state index in [4.69, 9.17) is 9.86 Å². The van der Waals surface area contributed by atoms with Crippen molar-refractivity contribution in [3.63, 3.8) is 0 Å². The number of rotatable bonds is 4. The second-order valence-electron chi connectivity index (χ2n) is 4.07. The van der Waals surface area contributed by atoms with E-state index in [0.717, 1.165) is 19.3 Å². The number of nitrogens with zero attached hydrogens (tertiary/aromatic N) is 1. The van der Waals surface area contributed by atoms with Crippen LogP contribution in [0.2, 0.25) is 6.82 Å². The first kappa shape index (κ1) is 12.5. The fourth-order valence-corrected chi connectivity index (χ4v) is 2.05. The van der Waals surface area contributed by atoms with Crippen LogP contribution in [0.1, 0.15) is 19.3 Å². The van der Waals surface area contributed by atoms with Crippen molar-refractivity contribution in [3.05, 3.63) is 0 Å². The van der Waals surface area contributed by atoms with Gasteiger partial charge in [0.25, 0.3) is 0 Å². The molecule has 1 aliphatic rings. The summed E-state index contributed by atoms with van der Waals surface area (Å²) in [4.78, 5) is 16.6. The minimum Gasteiger partial charge on any atom is -0.437 e. The molecule has 0 aromatic carbocycles. The average molecular weight is 214 g/mol. The van der Waals surface area contributed by atoms with Crippen molar-refractivity contribution in [2.24, 2.45) is 5.92 Å². The predicted octanol–water partition coefficient (Wildman–Crippen LogP) is -0.125. The Kier molecular flexibility index (Phi) is 4.57. The van der Waals surface area contributed by atoms with Crippen LogP contribution in [0.4, 0.5) is 0 Å². The molecule has 15 heavy (non-hydrogen) atoms. The fraction of sp³-hybridized carbons (Fsp3) is 0.889. The Balaban J connectivity index is 2.39. The molecule has 1 rings (SSSR count). The van der Waals surface area contributed by atoms with Gasteiger partial charge in [-0.05, 0) is 32.1 Å². The van der Waals surface area contributed by atoms with Gasteiger partial charge in [0.15, 0.2) is 0 Å². The molecule has 0 unspecified atom stereocenters. The normalized spacial score (nSPS) is 25.3. The van der Waals surface area contributed by atoms with Gasteiger partial charge in [-0.15, -0.1) is 0 Å². The van der Waals surface area contributed by atoms with Gasteiger partial charge in [-0.2, -0.15) is 0 Å². The predicted molar refractivity (Wildman–Crippen MR) is 57.9 cm³/mol. The van der Waals surface area contributed by atoms with E-state index in [1.54, 1.807) is 13.9 Å². The Hall–Kier alpha value is -0.585. The van der Waals surface area contributed by atoms with Gasteiger partial charge < -0.3 is 10.3 Å². The molecule has 0 heterocycles. The number of hydrogen-bond acceptors (Lipinski definition) is 4. The van der Waals surface area contributed by atoms with Crippen molar-refractivity contribution in [1.82, 2.24) is 10.3 Å². The largest absolute Gasteiger partial charge is 0.437 e. The van der Waals surface area contributed by atoms with Gasteiger partial charge in [0.2, 0.25) is 5.91 Å². The maximum Gasteiger partial charge on any atom is 0.373 e. The number of carbonyl (C=O) groups excluding carboxylic acids is 1. The second kappa shape index (κ2) is 5.49. The summed E-state index contributed by atoms with van der Waals surface area (Å²) in [6, 6.07) is 0.240. The molecular weight excluding hydrogens is 195 g/mol. The van der Waals surface area contributed by atoms with Gasteiger partial charge in [-0.25, -0.2) is 5.06 Å². The first-order valence-electron chi connectivity index (χ1n) is 5.30. The van der Waals surface area contributed by atoms with E-state index in [-0.39, 0.29) is 17.9 Å². The van der Waals surface area contributed by atoms with Gasteiger partial charge in [0, 0.05) is 13.0 Å². The summed E-state index contributed by atoms with van der Waals surface area (Å²) >= 11 is 0. The van der Waals surface area contributed by atoms with Crippen molar-refractivity contribution in [1.29, 1.82) is 0 Å². The molecular formula is C9H19BN2O3. The summed E-state index contributed by atoms with van der Waals surface area (Å²) in [5, 5.41) is 13.5. The van der Waals surface area contributed by atoms with Crippen molar-refractivity contribution >= 4 is 13.0 Å². The van der Waals surface area contributed by atoms with E-state index in [9.17, 15) is 4.79 Å². The quantitative estimate of drug-likeness (QED) is 0.505. The maximum absolute atomic E-state index is 11.7. The Morgan fingerprint density at radius 1 is 1.60 bits per heavy atom. The Morgan fingerprint density at radius 2 is 2.27 bits per heavy atom. The van der Waals surface area contributed by atoms with Crippen LogP contribution < -0.4 is 5.23 Å². The molecule has 0 saturated heterocycles. The molecule has 0 spiro atoms. The summed E-state index contributed by atoms with van der Waals surface area (Å²) in [6.07, 6.45) is 2.56. The summed E-state index contributed by atoms with van der Waals surface area (Å²) in [6.45, 7) is 1.69. The smallest absolute Gasteiger partial charge is 0.373 e. The highest BCUT2D eigenvalue weighted by Gasteiger charge is 2.32. The van der Waals surface area contributed by atoms with Crippen LogP contribution in [-0.4, -0.2) is 43.2 Å². The zero-order valence-corrected chi connectivity index (χ0v) is 9.56. The van der Waals surface area contributed by atoms with Crippen LogP contribution in [0.5, 0.6) is 0 Å².